The van der Waals surface area contributed by atoms with E-state index in [9.17, 15) is 4.79 Å². The van der Waals surface area contributed by atoms with Crippen LogP contribution in [0.15, 0.2) is 42.5 Å². The molecule has 1 amide bonds. The van der Waals surface area contributed by atoms with Gasteiger partial charge in [0.15, 0.2) is 6.10 Å². The first-order valence-corrected chi connectivity index (χ1v) is 9.90. The molecular weight excluding hydrogens is 401 g/mol. The standard InChI is InChI=1S/C21H23Cl2NO4/c1-14-11-16(7-8-18(14)22)27-13-17-12-24(9-10-26-17)21(25)15(2)28-20-6-4-3-5-19(20)23/h3-8,11,15,17H,9-10,12-13H2,1-2H3/t15-,17-/m0/s1. The summed E-state index contributed by atoms with van der Waals surface area (Å²) in [6.07, 6.45) is -0.848. The minimum Gasteiger partial charge on any atom is -0.491 e. The fourth-order valence-electron chi connectivity index (χ4n) is 2.95. The van der Waals surface area contributed by atoms with Crippen LogP contribution in [0, 0.1) is 6.92 Å². The minimum absolute atomic E-state index is 0.101. The Balaban J connectivity index is 1.54. The van der Waals surface area contributed by atoms with Crippen LogP contribution in [0.2, 0.25) is 10.0 Å². The van der Waals surface area contributed by atoms with Crippen LogP contribution in [-0.4, -0.2) is 49.3 Å². The Morgan fingerprint density at radius 3 is 2.79 bits per heavy atom. The number of amides is 1. The second kappa shape index (κ2) is 9.50. The van der Waals surface area contributed by atoms with E-state index in [4.69, 9.17) is 37.4 Å². The van der Waals surface area contributed by atoms with Gasteiger partial charge in [0.05, 0.1) is 18.2 Å². The molecule has 1 fully saturated rings. The third-order valence-corrected chi connectivity index (χ3v) is 5.24. The quantitative estimate of drug-likeness (QED) is 0.691. The number of hydrogen-bond donors (Lipinski definition) is 0. The van der Waals surface area contributed by atoms with Gasteiger partial charge < -0.3 is 19.1 Å². The average Bonchev–Trinajstić information content (AvgIpc) is 2.70. The summed E-state index contributed by atoms with van der Waals surface area (Å²) in [6, 6.07) is 12.6. The van der Waals surface area contributed by atoms with Gasteiger partial charge in [-0.3, -0.25) is 4.79 Å². The van der Waals surface area contributed by atoms with Crippen molar-refractivity contribution in [2.45, 2.75) is 26.1 Å². The molecule has 2 aromatic carbocycles. The van der Waals surface area contributed by atoms with Crippen molar-refractivity contribution in [1.29, 1.82) is 0 Å². The Hall–Kier alpha value is -1.95. The molecule has 1 aliphatic heterocycles. The molecule has 3 rings (SSSR count). The maximum absolute atomic E-state index is 12.8. The maximum Gasteiger partial charge on any atom is 0.263 e. The van der Waals surface area contributed by atoms with Gasteiger partial charge in [-0.1, -0.05) is 35.3 Å². The van der Waals surface area contributed by atoms with Crippen molar-refractivity contribution in [1.82, 2.24) is 4.90 Å². The fraction of sp³-hybridized carbons (Fsp3) is 0.381. The van der Waals surface area contributed by atoms with E-state index in [1.165, 1.54) is 0 Å². The molecule has 150 valence electrons. The summed E-state index contributed by atoms with van der Waals surface area (Å²) < 4.78 is 17.3. The van der Waals surface area contributed by atoms with Gasteiger partial charge in [0.1, 0.15) is 24.2 Å². The SMILES string of the molecule is Cc1cc(OC[C@@H]2CN(C(=O)[C@H](C)Oc3ccccc3Cl)CCO2)ccc1Cl. The molecule has 1 saturated heterocycles. The van der Waals surface area contributed by atoms with E-state index in [0.29, 0.717) is 42.1 Å². The number of morpholine rings is 1. The van der Waals surface area contributed by atoms with Crippen LogP contribution in [0.1, 0.15) is 12.5 Å². The normalized spacial score (nSPS) is 17.9. The number of carbonyl (C=O) groups excluding carboxylic acids is 1. The summed E-state index contributed by atoms with van der Waals surface area (Å²) in [5.74, 6) is 1.12. The topological polar surface area (TPSA) is 48.0 Å². The zero-order valence-corrected chi connectivity index (χ0v) is 17.4. The number of ether oxygens (including phenoxy) is 3. The lowest BCUT2D eigenvalue weighted by Crippen LogP contribution is -2.51. The number of nitrogens with zero attached hydrogens (tertiary/aromatic N) is 1. The molecule has 2 atom stereocenters. The molecule has 0 unspecified atom stereocenters. The second-order valence-corrected chi connectivity index (χ2v) is 7.50. The Kier molecular flexibility index (Phi) is 7.05. The second-order valence-electron chi connectivity index (χ2n) is 6.69. The lowest BCUT2D eigenvalue weighted by atomic mass is 10.2. The molecule has 0 bridgehead atoms. The van der Waals surface area contributed by atoms with E-state index in [1.807, 2.05) is 31.2 Å². The van der Waals surface area contributed by atoms with E-state index in [0.717, 1.165) is 11.3 Å². The lowest BCUT2D eigenvalue weighted by Gasteiger charge is -2.34. The largest absolute Gasteiger partial charge is 0.491 e. The monoisotopic (exact) mass is 423 g/mol. The van der Waals surface area contributed by atoms with Gasteiger partial charge in [-0.25, -0.2) is 0 Å². The van der Waals surface area contributed by atoms with Crippen LogP contribution in [0.4, 0.5) is 0 Å². The summed E-state index contributed by atoms with van der Waals surface area (Å²) >= 11 is 12.1. The summed E-state index contributed by atoms with van der Waals surface area (Å²) in [4.78, 5) is 14.5. The number of carbonyl (C=O) groups is 1. The number of rotatable bonds is 6. The van der Waals surface area contributed by atoms with Crippen molar-refractivity contribution in [3.8, 4) is 11.5 Å². The highest BCUT2D eigenvalue weighted by Crippen LogP contribution is 2.25. The number of para-hydroxylation sites is 1. The van der Waals surface area contributed by atoms with Gasteiger partial charge in [0.25, 0.3) is 5.91 Å². The Morgan fingerprint density at radius 2 is 2.04 bits per heavy atom. The summed E-state index contributed by atoms with van der Waals surface area (Å²) in [5.41, 5.74) is 0.950. The number of halogens is 2. The first-order valence-electron chi connectivity index (χ1n) is 9.14. The zero-order chi connectivity index (χ0) is 20.1. The number of hydrogen-bond acceptors (Lipinski definition) is 4. The van der Waals surface area contributed by atoms with Crippen LogP contribution in [-0.2, 0) is 9.53 Å². The van der Waals surface area contributed by atoms with Crippen LogP contribution >= 0.6 is 23.2 Å². The highest BCUT2D eigenvalue weighted by atomic mass is 35.5. The maximum atomic E-state index is 12.8. The summed E-state index contributed by atoms with van der Waals surface area (Å²) in [6.45, 7) is 5.42. The molecule has 5 nitrogen and oxygen atoms in total. The van der Waals surface area contributed by atoms with E-state index in [-0.39, 0.29) is 12.0 Å². The molecule has 28 heavy (non-hydrogen) atoms. The van der Waals surface area contributed by atoms with Crippen molar-refractivity contribution >= 4 is 29.1 Å². The van der Waals surface area contributed by atoms with E-state index in [2.05, 4.69) is 0 Å². The Labute approximate surface area is 175 Å². The van der Waals surface area contributed by atoms with Gasteiger partial charge in [-0.2, -0.15) is 0 Å². The molecule has 1 aliphatic rings. The average molecular weight is 424 g/mol. The third-order valence-electron chi connectivity index (χ3n) is 4.50. The van der Waals surface area contributed by atoms with Gasteiger partial charge >= 0.3 is 0 Å². The van der Waals surface area contributed by atoms with Gasteiger partial charge in [-0.05, 0) is 49.7 Å². The van der Waals surface area contributed by atoms with Crippen molar-refractivity contribution in [2.75, 3.05) is 26.3 Å². The van der Waals surface area contributed by atoms with Gasteiger partial charge in [0, 0.05) is 11.6 Å². The first-order chi connectivity index (χ1) is 13.4. The number of benzene rings is 2. The highest BCUT2D eigenvalue weighted by molar-refractivity contribution is 6.32. The summed E-state index contributed by atoms with van der Waals surface area (Å²) in [5, 5.41) is 1.18. The number of aryl methyl sites for hydroxylation is 1. The van der Waals surface area contributed by atoms with E-state index in [1.54, 1.807) is 30.0 Å². The summed E-state index contributed by atoms with van der Waals surface area (Å²) in [7, 11) is 0. The first kappa shape index (κ1) is 20.8. The molecule has 2 aromatic rings. The zero-order valence-electron chi connectivity index (χ0n) is 15.9. The van der Waals surface area contributed by atoms with Crippen molar-refractivity contribution < 1.29 is 19.0 Å². The van der Waals surface area contributed by atoms with Crippen molar-refractivity contribution in [3.63, 3.8) is 0 Å². The van der Waals surface area contributed by atoms with Crippen LogP contribution < -0.4 is 9.47 Å². The minimum atomic E-state index is -0.640. The predicted molar refractivity (Wildman–Crippen MR) is 110 cm³/mol. The van der Waals surface area contributed by atoms with Crippen LogP contribution in [0.25, 0.3) is 0 Å². The Morgan fingerprint density at radius 1 is 1.25 bits per heavy atom. The van der Waals surface area contributed by atoms with Crippen molar-refractivity contribution in [2.24, 2.45) is 0 Å². The lowest BCUT2D eigenvalue weighted by molar-refractivity contribution is -0.146. The van der Waals surface area contributed by atoms with Crippen LogP contribution in [0.3, 0.4) is 0 Å². The molecular formula is C21H23Cl2NO4. The van der Waals surface area contributed by atoms with Crippen LogP contribution in [0.5, 0.6) is 11.5 Å². The molecule has 0 saturated carbocycles. The molecule has 0 N–H and O–H groups in total. The van der Waals surface area contributed by atoms with E-state index >= 15 is 0 Å². The molecule has 0 aromatic heterocycles. The molecule has 7 heteroatoms. The van der Waals surface area contributed by atoms with Crippen molar-refractivity contribution in [3.05, 3.63) is 58.1 Å². The Bertz CT molecular complexity index is 830. The smallest absolute Gasteiger partial charge is 0.263 e. The van der Waals surface area contributed by atoms with Gasteiger partial charge in [0.2, 0.25) is 0 Å². The fourth-order valence-corrected chi connectivity index (χ4v) is 3.25. The predicted octanol–water partition coefficient (Wildman–Crippen LogP) is 4.38. The molecule has 0 aliphatic carbocycles. The van der Waals surface area contributed by atoms with Gasteiger partial charge in [-0.15, -0.1) is 0 Å². The molecule has 0 radical (unpaired) electrons. The highest BCUT2D eigenvalue weighted by Gasteiger charge is 2.29. The van der Waals surface area contributed by atoms with E-state index < -0.39 is 6.10 Å². The molecule has 0 spiro atoms. The molecule has 1 heterocycles. The third kappa shape index (κ3) is 5.31.